The number of benzene rings is 2. The molecule has 0 fully saturated rings. The van der Waals surface area contributed by atoms with Gasteiger partial charge in [0.2, 0.25) is 0 Å². The van der Waals surface area contributed by atoms with Gasteiger partial charge < -0.3 is 14.2 Å². The molecule has 2 heterocycles. The third kappa shape index (κ3) is 4.81. The number of allylic oxidation sites excluding steroid dienone is 1. The number of thiazole rings is 1. The molecule has 2 aromatic carbocycles. The molecule has 1 aromatic heterocycles. The van der Waals surface area contributed by atoms with Crippen molar-refractivity contribution >= 4 is 29.1 Å². The van der Waals surface area contributed by atoms with Gasteiger partial charge in [-0.3, -0.25) is 19.5 Å². The van der Waals surface area contributed by atoms with Crippen LogP contribution in [0.5, 0.6) is 11.5 Å². The van der Waals surface area contributed by atoms with E-state index in [0.29, 0.717) is 27.6 Å². The van der Waals surface area contributed by atoms with Crippen molar-refractivity contribution < 1.29 is 23.9 Å². The van der Waals surface area contributed by atoms with Crippen molar-refractivity contribution in [2.75, 3.05) is 20.8 Å². The van der Waals surface area contributed by atoms with Crippen LogP contribution in [-0.2, 0) is 9.53 Å². The maximum atomic E-state index is 13.7. The lowest BCUT2D eigenvalue weighted by Crippen LogP contribution is -2.39. The molecule has 4 rings (SSSR count). The fraction of sp³-hybridized carbons (Fsp3) is 0.192. The molecule has 1 unspecified atom stereocenters. The van der Waals surface area contributed by atoms with Crippen LogP contribution >= 0.6 is 11.3 Å². The van der Waals surface area contributed by atoms with E-state index in [1.807, 2.05) is 0 Å². The number of nitrogens with zero attached hydrogens (tertiary/aromatic N) is 3. The number of esters is 1. The summed E-state index contributed by atoms with van der Waals surface area (Å²) in [6.07, 6.45) is 3.06. The highest BCUT2D eigenvalue weighted by Crippen LogP contribution is 2.36. The van der Waals surface area contributed by atoms with E-state index in [4.69, 9.17) is 14.2 Å². The summed E-state index contributed by atoms with van der Waals surface area (Å²) in [5, 5.41) is 11.5. The monoisotopic (exact) mass is 521 g/mol. The van der Waals surface area contributed by atoms with Crippen LogP contribution < -0.4 is 24.4 Å². The van der Waals surface area contributed by atoms with E-state index in [1.54, 1.807) is 49.4 Å². The van der Waals surface area contributed by atoms with E-state index in [2.05, 4.69) is 11.6 Å². The number of aromatic nitrogens is 1. The SMILES string of the molecule is C=CCOc1ccc(C2C(C(=O)OC)=C(C)N=c3sc(=Cc4ccccc4[N+](=O)[O-])c(=O)n32)cc1OC. The van der Waals surface area contributed by atoms with Crippen molar-refractivity contribution in [3.63, 3.8) is 0 Å². The fourth-order valence-corrected chi connectivity index (χ4v) is 5.08. The van der Waals surface area contributed by atoms with Crippen LogP contribution in [0.2, 0.25) is 0 Å². The van der Waals surface area contributed by atoms with Crippen LogP contribution in [0.1, 0.15) is 24.1 Å². The molecule has 11 heteroatoms. The maximum absolute atomic E-state index is 13.7. The second-order valence-corrected chi connectivity index (χ2v) is 8.91. The molecule has 1 aliphatic heterocycles. The third-order valence-electron chi connectivity index (χ3n) is 5.71. The number of hydrogen-bond acceptors (Lipinski definition) is 9. The molecule has 0 N–H and O–H groups in total. The van der Waals surface area contributed by atoms with Crippen molar-refractivity contribution in [3.05, 3.63) is 107 Å². The van der Waals surface area contributed by atoms with Crippen molar-refractivity contribution in [2.45, 2.75) is 13.0 Å². The van der Waals surface area contributed by atoms with Gasteiger partial charge >= 0.3 is 5.97 Å². The number of carbonyl (C=O) groups excluding carboxylic acids is 1. The van der Waals surface area contributed by atoms with Crippen molar-refractivity contribution in [2.24, 2.45) is 4.99 Å². The Bertz CT molecular complexity index is 1620. The highest BCUT2D eigenvalue weighted by atomic mass is 32.1. The van der Waals surface area contributed by atoms with E-state index in [9.17, 15) is 19.7 Å². The van der Waals surface area contributed by atoms with Gasteiger partial charge in [0.15, 0.2) is 16.3 Å². The van der Waals surface area contributed by atoms with E-state index in [1.165, 1.54) is 30.9 Å². The molecule has 0 bridgehead atoms. The lowest BCUT2D eigenvalue weighted by molar-refractivity contribution is -0.385. The van der Waals surface area contributed by atoms with Crippen LogP contribution in [0.15, 0.2) is 76.2 Å². The molecule has 0 saturated heterocycles. The number of carbonyl (C=O) groups is 1. The smallest absolute Gasteiger partial charge is 0.338 e. The summed E-state index contributed by atoms with van der Waals surface area (Å²) in [4.78, 5) is 42.3. The maximum Gasteiger partial charge on any atom is 0.338 e. The van der Waals surface area contributed by atoms with Crippen LogP contribution in [-0.4, -0.2) is 36.3 Å². The molecule has 37 heavy (non-hydrogen) atoms. The standard InChI is InChI=1S/C26H23N3O7S/c1-5-12-36-19-11-10-17(13-20(19)34-3)23-22(25(31)35-4)15(2)27-26-28(23)24(30)21(37-26)14-16-8-6-7-9-18(16)29(32)33/h5-11,13-14,23H,1,12H2,2-4H3. The summed E-state index contributed by atoms with van der Waals surface area (Å²) < 4.78 is 17.8. The minimum Gasteiger partial charge on any atom is -0.493 e. The van der Waals surface area contributed by atoms with Gasteiger partial charge in [-0.1, -0.05) is 42.2 Å². The van der Waals surface area contributed by atoms with Crippen LogP contribution in [0.4, 0.5) is 5.69 Å². The van der Waals surface area contributed by atoms with E-state index < -0.39 is 22.5 Å². The average Bonchev–Trinajstić information content (AvgIpc) is 3.20. The van der Waals surface area contributed by atoms with Gasteiger partial charge in [0.1, 0.15) is 6.61 Å². The Balaban J connectivity index is 1.96. The first kappa shape index (κ1) is 25.6. The number of nitro groups is 1. The number of ether oxygens (including phenoxy) is 3. The second-order valence-electron chi connectivity index (χ2n) is 7.90. The van der Waals surface area contributed by atoms with Gasteiger partial charge in [0.25, 0.3) is 11.2 Å². The first-order valence-corrected chi connectivity index (χ1v) is 11.9. The number of para-hydroxylation sites is 1. The van der Waals surface area contributed by atoms with Crippen molar-refractivity contribution in [1.82, 2.24) is 4.57 Å². The molecule has 0 aliphatic carbocycles. The lowest BCUT2D eigenvalue weighted by atomic mass is 9.95. The van der Waals surface area contributed by atoms with Gasteiger partial charge in [0.05, 0.1) is 46.6 Å². The molecule has 1 atom stereocenters. The predicted molar refractivity (Wildman–Crippen MR) is 138 cm³/mol. The second kappa shape index (κ2) is 10.6. The largest absolute Gasteiger partial charge is 0.493 e. The Morgan fingerprint density at radius 2 is 2.00 bits per heavy atom. The van der Waals surface area contributed by atoms with Gasteiger partial charge in [-0.2, -0.15) is 0 Å². The molecular weight excluding hydrogens is 498 g/mol. The van der Waals surface area contributed by atoms with Crippen molar-refractivity contribution in [1.29, 1.82) is 0 Å². The topological polar surface area (TPSA) is 122 Å². The normalized spacial score (nSPS) is 15.0. The molecule has 1 aliphatic rings. The Morgan fingerprint density at radius 3 is 2.68 bits per heavy atom. The van der Waals surface area contributed by atoms with Gasteiger partial charge in [-0.05, 0) is 36.8 Å². The average molecular weight is 522 g/mol. The molecular formula is C26H23N3O7S. The minimum atomic E-state index is -0.876. The predicted octanol–water partition coefficient (Wildman–Crippen LogP) is 2.89. The Hall–Kier alpha value is -4.51. The zero-order valence-electron chi connectivity index (χ0n) is 20.3. The van der Waals surface area contributed by atoms with Gasteiger partial charge in [-0.25, -0.2) is 9.79 Å². The summed E-state index contributed by atoms with van der Waals surface area (Å²) in [6.45, 7) is 5.57. The van der Waals surface area contributed by atoms with E-state index >= 15 is 0 Å². The third-order valence-corrected chi connectivity index (χ3v) is 6.69. The van der Waals surface area contributed by atoms with E-state index in [-0.39, 0.29) is 28.0 Å². The van der Waals surface area contributed by atoms with Gasteiger partial charge in [0, 0.05) is 6.07 Å². The Labute approximate surface area is 215 Å². The van der Waals surface area contributed by atoms with Crippen LogP contribution in [0, 0.1) is 10.1 Å². The quantitative estimate of drug-likeness (QED) is 0.193. The number of nitro benzene ring substituents is 1. The molecule has 10 nitrogen and oxygen atoms in total. The lowest BCUT2D eigenvalue weighted by Gasteiger charge is -2.25. The van der Waals surface area contributed by atoms with Crippen molar-refractivity contribution in [3.8, 4) is 11.5 Å². The first-order valence-electron chi connectivity index (χ1n) is 11.1. The first-order chi connectivity index (χ1) is 17.8. The molecule has 3 aromatic rings. The zero-order chi connectivity index (χ0) is 26.7. The molecule has 0 radical (unpaired) electrons. The highest BCUT2D eigenvalue weighted by Gasteiger charge is 2.33. The Kier molecular flexibility index (Phi) is 7.35. The van der Waals surface area contributed by atoms with Crippen LogP contribution in [0.25, 0.3) is 6.08 Å². The number of hydrogen-bond donors (Lipinski definition) is 0. The molecule has 0 amide bonds. The molecule has 190 valence electrons. The van der Waals surface area contributed by atoms with E-state index in [0.717, 1.165) is 11.3 Å². The molecule has 0 saturated carbocycles. The summed E-state index contributed by atoms with van der Waals surface area (Å²) in [5.41, 5.74) is 0.845. The number of methoxy groups -OCH3 is 2. The fourth-order valence-electron chi connectivity index (χ4n) is 4.05. The zero-order valence-corrected chi connectivity index (χ0v) is 21.1. The minimum absolute atomic E-state index is 0.129. The molecule has 0 spiro atoms. The Morgan fingerprint density at radius 1 is 1.24 bits per heavy atom. The summed E-state index contributed by atoms with van der Waals surface area (Å²) in [6, 6.07) is 10.4. The summed E-state index contributed by atoms with van der Waals surface area (Å²) in [7, 11) is 2.74. The summed E-state index contributed by atoms with van der Waals surface area (Å²) >= 11 is 1.08. The van der Waals surface area contributed by atoms with Gasteiger partial charge in [-0.15, -0.1) is 0 Å². The highest BCUT2D eigenvalue weighted by molar-refractivity contribution is 7.07. The summed E-state index contributed by atoms with van der Waals surface area (Å²) in [5.74, 6) is 0.237. The van der Waals surface area contributed by atoms with Crippen LogP contribution in [0.3, 0.4) is 0 Å². The number of fused-ring (bicyclic) bond motifs is 1. The number of rotatable bonds is 8.